The van der Waals surface area contributed by atoms with Gasteiger partial charge in [0.2, 0.25) is 15.9 Å². The van der Waals surface area contributed by atoms with Crippen LogP contribution in [0.15, 0.2) is 47.4 Å². The van der Waals surface area contributed by atoms with E-state index >= 15 is 0 Å². The highest BCUT2D eigenvalue weighted by Crippen LogP contribution is 2.31. The number of sulfonamides is 1. The SMILES string of the molecule is COc1ccc(F)cc1S(=O)(=O)N1CCC(C(=O)Nc2ccccc2Cl)CC1. The van der Waals surface area contributed by atoms with Crippen LogP contribution in [-0.2, 0) is 14.8 Å². The molecule has 0 radical (unpaired) electrons. The first-order chi connectivity index (χ1) is 13.3. The van der Waals surface area contributed by atoms with Crippen LogP contribution in [-0.4, -0.2) is 38.8 Å². The summed E-state index contributed by atoms with van der Waals surface area (Å²) in [5.41, 5.74) is 0.522. The standard InChI is InChI=1S/C19H20ClFN2O4S/c1-27-17-7-6-14(21)12-18(17)28(25,26)23-10-8-13(9-11-23)19(24)22-16-5-3-2-4-15(16)20/h2-7,12-13H,8-11H2,1H3,(H,22,24). The maximum atomic E-state index is 13.6. The number of para-hydroxylation sites is 1. The van der Waals surface area contributed by atoms with E-state index in [4.69, 9.17) is 16.3 Å². The summed E-state index contributed by atoms with van der Waals surface area (Å²) in [4.78, 5) is 12.3. The van der Waals surface area contributed by atoms with Gasteiger partial charge in [-0.05, 0) is 43.2 Å². The summed E-state index contributed by atoms with van der Waals surface area (Å²) in [5, 5.41) is 3.22. The van der Waals surface area contributed by atoms with Crippen molar-refractivity contribution < 1.29 is 22.3 Å². The molecule has 150 valence electrons. The quantitative estimate of drug-likeness (QED) is 0.793. The van der Waals surface area contributed by atoms with Crippen molar-refractivity contribution in [1.82, 2.24) is 4.31 Å². The lowest BCUT2D eigenvalue weighted by Crippen LogP contribution is -2.41. The second-order valence-corrected chi connectivity index (χ2v) is 8.76. The van der Waals surface area contributed by atoms with Crippen molar-refractivity contribution in [3.63, 3.8) is 0 Å². The number of nitrogens with one attached hydrogen (secondary N) is 1. The predicted molar refractivity (Wildman–Crippen MR) is 105 cm³/mol. The minimum Gasteiger partial charge on any atom is -0.495 e. The Labute approximate surface area is 168 Å². The fourth-order valence-electron chi connectivity index (χ4n) is 3.15. The molecule has 28 heavy (non-hydrogen) atoms. The van der Waals surface area contributed by atoms with E-state index in [1.807, 2.05) is 0 Å². The third-order valence-electron chi connectivity index (χ3n) is 4.70. The van der Waals surface area contributed by atoms with Gasteiger partial charge < -0.3 is 10.1 Å². The molecule has 0 unspecified atom stereocenters. The number of rotatable bonds is 5. The Morgan fingerprint density at radius 2 is 1.89 bits per heavy atom. The van der Waals surface area contributed by atoms with Crippen LogP contribution in [0.5, 0.6) is 5.75 Å². The number of amides is 1. The van der Waals surface area contributed by atoms with Gasteiger partial charge in [0.05, 0.1) is 17.8 Å². The largest absolute Gasteiger partial charge is 0.495 e. The van der Waals surface area contributed by atoms with Gasteiger partial charge in [-0.3, -0.25) is 4.79 Å². The van der Waals surface area contributed by atoms with Crippen LogP contribution in [0.25, 0.3) is 0 Å². The Morgan fingerprint density at radius 3 is 2.54 bits per heavy atom. The number of nitrogens with zero attached hydrogens (tertiary/aromatic N) is 1. The van der Waals surface area contributed by atoms with E-state index in [-0.39, 0.29) is 35.6 Å². The number of hydrogen-bond acceptors (Lipinski definition) is 4. The van der Waals surface area contributed by atoms with E-state index in [0.717, 1.165) is 12.1 Å². The topological polar surface area (TPSA) is 75.7 Å². The third-order valence-corrected chi connectivity index (χ3v) is 6.95. The molecule has 1 amide bonds. The van der Waals surface area contributed by atoms with Crippen LogP contribution in [0.4, 0.5) is 10.1 Å². The minimum atomic E-state index is -3.93. The Kier molecular flexibility index (Phi) is 6.22. The fourth-order valence-corrected chi connectivity index (χ4v) is 4.97. The molecule has 9 heteroatoms. The highest BCUT2D eigenvalue weighted by atomic mass is 35.5. The average Bonchev–Trinajstić information content (AvgIpc) is 2.69. The van der Waals surface area contributed by atoms with Crippen LogP contribution in [0, 0.1) is 11.7 Å². The van der Waals surface area contributed by atoms with Crippen molar-refractivity contribution in [3.8, 4) is 5.75 Å². The maximum Gasteiger partial charge on any atom is 0.246 e. The summed E-state index contributed by atoms with van der Waals surface area (Å²) >= 11 is 6.05. The Hall–Kier alpha value is -2.16. The number of hydrogen-bond donors (Lipinski definition) is 1. The summed E-state index contributed by atoms with van der Waals surface area (Å²) in [6, 6.07) is 10.3. The molecule has 0 saturated carbocycles. The van der Waals surface area contributed by atoms with E-state index < -0.39 is 15.8 Å². The van der Waals surface area contributed by atoms with Gasteiger partial charge in [-0.2, -0.15) is 4.31 Å². The van der Waals surface area contributed by atoms with Crippen LogP contribution >= 0.6 is 11.6 Å². The molecular formula is C19H20ClFN2O4S. The number of halogens is 2. The lowest BCUT2D eigenvalue weighted by molar-refractivity contribution is -0.120. The molecule has 1 fully saturated rings. The van der Waals surface area contributed by atoms with Gasteiger partial charge in [0.1, 0.15) is 16.5 Å². The smallest absolute Gasteiger partial charge is 0.246 e. The van der Waals surface area contributed by atoms with E-state index in [1.54, 1.807) is 24.3 Å². The molecule has 1 heterocycles. The van der Waals surface area contributed by atoms with Crippen LogP contribution in [0.1, 0.15) is 12.8 Å². The molecule has 2 aromatic rings. The van der Waals surface area contributed by atoms with Crippen LogP contribution in [0.2, 0.25) is 5.02 Å². The monoisotopic (exact) mass is 426 g/mol. The molecule has 0 spiro atoms. The zero-order chi connectivity index (χ0) is 20.3. The van der Waals surface area contributed by atoms with Crippen molar-refractivity contribution in [3.05, 3.63) is 53.3 Å². The molecular weight excluding hydrogens is 407 g/mol. The number of benzene rings is 2. The van der Waals surface area contributed by atoms with E-state index in [9.17, 15) is 17.6 Å². The summed E-state index contributed by atoms with van der Waals surface area (Å²) in [7, 11) is -2.60. The fraction of sp³-hybridized carbons (Fsp3) is 0.316. The van der Waals surface area contributed by atoms with Gasteiger partial charge in [0, 0.05) is 19.0 Å². The molecule has 2 aromatic carbocycles. The first-order valence-corrected chi connectivity index (χ1v) is 10.5. The number of anilines is 1. The van der Waals surface area contributed by atoms with E-state index in [2.05, 4.69) is 5.32 Å². The zero-order valence-electron chi connectivity index (χ0n) is 15.2. The van der Waals surface area contributed by atoms with Crippen molar-refractivity contribution in [2.45, 2.75) is 17.7 Å². The third kappa shape index (κ3) is 4.29. The van der Waals surface area contributed by atoms with Gasteiger partial charge in [-0.25, -0.2) is 12.8 Å². The Bertz CT molecular complexity index is 976. The second-order valence-electron chi connectivity index (χ2n) is 6.44. The summed E-state index contributed by atoms with van der Waals surface area (Å²) in [5.74, 6) is -1.11. The summed E-state index contributed by atoms with van der Waals surface area (Å²) in [6.45, 7) is 0.311. The molecule has 1 saturated heterocycles. The minimum absolute atomic E-state index is 0.0833. The van der Waals surface area contributed by atoms with Gasteiger partial charge >= 0.3 is 0 Å². The zero-order valence-corrected chi connectivity index (χ0v) is 16.8. The Balaban J connectivity index is 1.69. The first-order valence-electron chi connectivity index (χ1n) is 8.72. The van der Waals surface area contributed by atoms with Gasteiger partial charge in [0.25, 0.3) is 0 Å². The number of methoxy groups -OCH3 is 1. The highest BCUT2D eigenvalue weighted by molar-refractivity contribution is 7.89. The lowest BCUT2D eigenvalue weighted by atomic mass is 9.97. The number of ether oxygens (including phenoxy) is 1. The summed E-state index contributed by atoms with van der Waals surface area (Å²) in [6.07, 6.45) is 0.709. The molecule has 1 aliphatic heterocycles. The molecule has 0 atom stereocenters. The molecule has 0 aromatic heterocycles. The van der Waals surface area contributed by atoms with Crippen LogP contribution in [0.3, 0.4) is 0 Å². The van der Waals surface area contributed by atoms with Gasteiger partial charge in [0.15, 0.2) is 0 Å². The molecule has 0 aliphatic carbocycles. The molecule has 0 bridgehead atoms. The summed E-state index contributed by atoms with van der Waals surface area (Å²) < 4.78 is 45.7. The lowest BCUT2D eigenvalue weighted by Gasteiger charge is -2.31. The second kappa shape index (κ2) is 8.46. The van der Waals surface area contributed by atoms with Crippen LogP contribution < -0.4 is 10.1 Å². The molecule has 6 nitrogen and oxygen atoms in total. The Morgan fingerprint density at radius 1 is 1.21 bits per heavy atom. The first kappa shape index (κ1) is 20.6. The maximum absolute atomic E-state index is 13.6. The van der Waals surface area contributed by atoms with Gasteiger partial charge in [-0.15, -0.1) is 0 Å². The number of carbonyl (C=O) groups excluding carboxylic acids is 1. The molecule has 3 rings (SSSR count). The normalized spacial score (nSPS) is 16.0. The number of carbonyl (C=O) groups is 1. The molecule has 1 aliphatic rings. The van der Waals surface area contributed by atoms with Gasteiger partial charge in [-0.1, -0.05) is 23.7 Å². The van der Waals surface area contributed by atoms with Crippen molar-refractivity contribution >= 4 is 33.2 Å². The van der Waals surface area contributed by atoms with Crippen molar-refractivity contribution in [1.29, 1.82) is 0 Å². The van der Waals surface area contributed by atoms with E-state index in [0.29, 0.717) is 23.6 Å². The van der Waals surface area contributed by atoms with Crippen molar-refractivity contribution in [2.75, 3.05) is 25.5 Å². The van der Waals surface area contributed by atoms with Crippen molar-refractivity contribution in [2.24, 2.45) is 5.92 Å². The van der Waals surface area contributed by atoms with E-state index in [1.165, 1.54) is 17.5 Å². The number of piperidine rings is 1. The average molecular weight is 427 g/mol. The predicted octanol–water partition coefficient (Wildman–Crippen LogP) is 3.53. The highest BCUT2D eigenvalue weighted by Gasteiger charge is 2.34. The molecule has 1 N–H and O–H groups in total.